The molecule has 0 spiro atoms. The van der Waals surface area contributed by atoms with Crippen LogP contribution in [0, 0.1) is 5.92 Å². The van der Waals surface area contributed by atoms with Crippen molar-refractivity contribution in [3.05, 3.63) is 64.7 Å². The molecule has 2 aromatic rings. The van der Waals surface area contributed by atoms with Crippen LogP contribution >= 0.6 is 0 Å². The normalized spacial score (nSPS) is 23.2. The fourth-order valence-electron chi connectivity index (χ4n) is 5.82. The smallest absolute Gasteiger partial charge is 0.328 e. The highest BCUT2D eigenvalue weighted by Crippen LogP contribution is 2.41. The lowest BCUT2D eigenvalue weighted by molar-refractivity contribution is -0.145. The van der Waals surface area contributed by atoms with Gasteiger partial charge >= 0.3 is 5.97 Å². The molecule has 2 fully saturated rings. The largest absolute Gasteiger partial charge is 0.496 e. The van der Waals surface area contributed by atoms with Gasteiger partial charge in [-0.3, -0.25) is 19.3 Å². The minimum atomic E-state index is -0.634. The van der Waals surface area contributed by atoms with E-state index in [0.29, 0.717) is 34.4 Å². The van der Waals surface area contributed by atoms with Crippen LogP contribution in [0.4, 0.5) is 0 Å². The molecular weight excluding hydrogens is 448 g/mol. The van der Waals surface area contributed by atoms with Crippen LogP contribution in [0.1, 0.15) is 68.7 Å². The van der Waals surface area contributed by atoms with E-state index in [1.54, 1.807) is 47.4 Å². The average Bonchev–Trinajstić information content (AvgIpc) is 3.39. The van der Waals surface area contributed by atoms with E-state index < -0.39 is 12.0 Å². The molecule has 2 aliphatic heterocycles. The van der Waals surface area contributed by atoms with E-state index in [1.807, 2.05) is 0 Å². The third kappa shape index (κ3) is 3.87. The van der Waals surface area contributed by atoms with Crippen molar-refractivity contribution in [3.63, 3.8) is 0 Å². The molecule has 0 N–H and O–H groups in total. The molecule has 0 radical (unpaired) electrons. The van der Waals surface area contributed by atoms with Crippen LogP contribution in [0.15, 0.2) is 42.5 Å². The van der Waals surface area contributed by atoms with Gasteiger partial charge in [-0.2, -0.15) is 0 Å². The van der Waals surface area contributed by atoms with Gasteiger partial charge in [-0.05, 0) is 55.0 Å². The molecule has 8 heteroatoms. The molecule has 0 aromatic heterocycles. The van der Waals surface area contributed by atoms with Crippen molar-refractivity contribution in [2.75, 3.05) is 14.2 Å². The maximum atomic E-state index is 13.9. The lowest BCUT2D eigenvalue weighted by Gasteiger charge is -2.33. The van der Waals surface area contributed by atoms with E-state index in [2.05, 4.69) is 0 Å². The molecule has 3 unspecified atom stereocenters. The first-order chi connectivity index (χ1) is 16.9. The summed E-state index contributed by atoms with van der Waals surface area (Å²) >= 11 is 0. The summed E-state index contributed by atoms with van der Waals surface area (Å²) in [5.41, 5.74) is 1.69. The summed E-state index contributed by atoms with van der Waals surface area (Å²) in [6.07, 6.45) is 4.53. The Morgan fingerprint density at radius 2 is 1.66 bits per heavy atom. The summed E-state index contributed by atoms with van der Waals surface area (Å²) in [7, 11) is 2.83. The Morgan fingerprint density at radius 3 is 2.31 bits per heavy atom. The van der Waals surface area contributed by atoms with Gasteiger partial charge in [0, 0.05) is 6.04 Å². The number of likely N-dealkylation sites (tertiary alicyclic amines) is 1. The van der Waals surface area contributed by atoms with E-state index >= 15 is 0 Å². The van der Waals surface area contributed by atoms with E-state index in [0.717, 1.165) is 25.7 Å². The second kappa shape index (κ2) is 9.17. The Labute approximate surface area is 203 Å². The number of ether oxygens (including phenoxy) is 2. The standard InChI is InChI=1S/C27H28N2O6/c1-34-23-12-11-16(15-28-24(30)18-8-4-5-9-19(18)25(28)31)13-20(23)26(32)29-21-10-6-3-7-17(21)14-22(29)27(33)35-2/h4-5,8-9,11-13,17,21-22H,3,6-7,10,14-15H2,1-2H3. The third-order valence-corrected chi connectivity index (χ3v) is 7.51. The van der Waals surface area contributed by atoms with Gasteiger partial charge in [-0.15, -0.1) is 0 Å². The number of methoxy groups -OCH3 is 2. The fraction of sp³-hybridized carbons (Fsp3) is 0.407. The molecular formula is C27H28N2O6. The van der Waals surface area contributed by atoms with Crippen molar-refractivity contribution in [2.24, 2.45) is 5.92 Å². The topological polar surface area (TPSA) is 93.2 Å². The third-order valence-electron chi connectivity index (χ3n) is 7.51. The van der Waals surface area contributed by atoms with Crippen molar-refractivity contribution >= 4 is 23.7 Å². The van der Waals surface area contributed by atoms with Crippen molar-refractivity contribution in [1.82, 2.24) is 9.80 Å². The van der Waals surface area contributed by atoms with Gasteiger partial charge in [-0.1, -0.05) is 31.0 Å². The van der Waals surface area contributed by atoms with Gasteiger partial charge in [-0.25, -0.2) is 4.79 Å². The monoisotopic (exact) mass is 476 g/mol. The minimum Gasteiger partial charge on any atom is -0.496 e. The summed E-state index contributed by atoms with van der Waals surface area (Å²) in [5.74, 6) is -0.771. The number of rotatable bonds is 5. The van der Waals surface area contributed by atoms with Crippen molar-refractivity contribution < 1.29 is 28.7 Å². The Balaban J connectivity index is 1.46. The van der Waals surface area contributed by atoms with Crippen LogP contribution in [0.5, 0.6) is 5.75 Å². The van der Waals surface area contributed by atoms with Gasteiger partial charge in [0.15, 0.2) is 0 Å². The Morgan fingerprint density at radius 1 is 0.971 bits per heavy atom. The summed E-state index contributed by atoms with van der Waals surface area (Å²) in [6, 6.07) is 11.1. The second-order valence-electron chi connectivity index (χ2n) is 9.38. The number of amides is 3. The predicted octanol–water partition coefficient (Wildman–Crippen LogP) is 3.44. The molecule has 3 atom stereocenters. The Hall–Kier alpha value is -3.68. The van der Waals surface area contributed by atoms with Crippen LogP contribution in [0.3, 0.4) is 0 Å². The maximum Gasteiger partial charge on any atom is 0.328 e. The average molecular weight is 477 g/mol. The maximum absolute atomic E-state index is 13.9. The first-order valence-corrected chi connectivity index (χ1v) is 12.0. The molecule has 8 nitrogen and oxygen atoms in total. The van der Waals surface area contributed by atoms with Gasteiger partial charge in [0.05, 0.1) is 37.5 Å². The van der Waals surface area contributed by atoms with Gasteiger partial charge < -0.3 is 14.4 Å². The summed E-state index contributed by atoms with van der Waals surface area (Å²) in [4.78, 5) is 55.0. The highest BCUT2D eigenvalue weighted by atomic mass is 16.5. The van der Waals surface area contributed by atoms with Crippen LogP contribution in [0.25, 0.3) is 0 Å². The highest BCUT2D eigenvalue weighted by molar-refractivity contribution is 6.21. The van der Waals surface area contributed by atoms with Crippen molar-refractivity contribution in [2.45, 2.75) is 50.7 Å². The number of benzene rings is 2. The zero-order chi connectivity index (χ0) is 24.7. The quantitative estimate of drug-likeness (QED) is 0.485. The molecule has 2 heterocycles. The van der Waals surface area contributed by atoms with Gasteiger partial charge in [0.1, 0.15) is 11.8 Å². The molecule has 3 amide bonds. The Bertz CT molecular complexity index is 1170. The zero-order valence-corrected chi connectivity index (χ0v) is 19.9. The van der Waals surface area contributed by atoms with E-state index in [-0.39, 0.29) is 36.2 Å². The highest BCUT2D eigenvalue weighted by Gasteiger charge is 2.48. The Kier molecular flexibility index (Phi) is 6.05. The summed E-state index contributed by atoms with van der Waals surface area (Å²) < 4.78 is 10.5. The number of fused-ring (bicyclic) bond motifs is 2. The first kappa shape index (κ1) is 23.1. The number of carbonyl (C=O) groups excluding carboxylic acids is 4. The predicted molar refractivity (Wildman–Crippen MR) is 126 cm³/mol. The van der Waals surface area contributed by atoms with Crippen molar-refractivity contribution in [1.29, 1.82) is 0 Å². The van der Waals surface area contributed by atoms with Crippen LogP contribution < -0.4 is 4.74 Å². The van der Waals surface area contributed by atoms with Crippen molar-refractivity contribution in [3.8, 4) is 5.75 Å². The number of esters is 1. The number of nitrogens with zero attached hydrogens (tertiary/aromatic N) is 2. The van der Waals surface area contributed by atoms with E-state index in [4.69, 9.17) is 9.47 Å². The van der Waals surface area contributed by atoms with Crippen LogP contribution in [-0.2, 0) is 16.1 Å². The fourth-order valence-corrected chi connectivity index (χ4v) is 5.82. The van der Waals surface area contributed by atoms with E-state index in [9.17, 15) is 19.2 Å². The number of hydrogen-bond acceptors (Lipinski definition) is 6. The number of hydrogen-bond donors (Lipinski definition) is 0. The summed E-state index contributed by atoms with van der Waals surface area (Å²) in [5, 5.41) is 0. The first-order valence-electron chi connectivity index (χ1n) is 12.0. The molecule has 1 saturated heterocycles. The number of carbonyl (C=O) groups is 4. The number of imide groups is 1. The molecule has 182 valence electrons. The van der Waals surface area contributed by atoms with E-state index in [1.165, 1.54) is 19.1 Å². The molecule has 1 aliphatic carbocycles. The molecule has 5 rings (SSSR count). The van der Waals surface area contributed by atoms with Gasteiger partial charge in [0.25, 0.3) is 17.7 Å². The van der Waals surface area contributed by atoms with Crippen LogP contribution in [-0.4, -0.2) is 59.8 Å². The van der Waals surface area contributed by atoms with Gasteiger partial charge in [0.2, 0.25) is 0 Å². The molecule has 0 bridgehead atoms. The molecule has 3 aliphatic rings. The molecule has 35 heavy (non-hydrogen) atoms. The SMILES string of the molecule is COC(=O)C1CC2CCCCC2N1C(=O)c1cc(CN2C(=O)c3ccccc3C2=O)ccc1OC. The lowest BCUT2D eigenvalue weighted by Crippen LogP contribution is -2.46. The second-order valence-corrected chi connectivity index (χ2v) is 9.38. The molecule has 2 aromatic carbocycles. The summed E-state index contributed by atoms with van der Waals surface area (Å²) in [6.45, 7) is 0.0309. The minimum absolute atomic E-state index is 0.0232. The molecule has 1 saturated carbocycles. The zero-order valence-electron chi connectivity index (χ0n) is 19.9. The lowest BCUT2D eigenvalue weighted by atomic mass is 9.84. The van der Waals surface area contributed by atoms with Crippen LogP contribution in [0.2, 0.25) is 0 Å².